The summed E-state index contributed by atoms with van der Waals surface area (Å²) in [6.07, 6.45) is 0. The van der Waals surface area contributed by atoms with Gasteiger partial charge in [0.2, 0.25) is 0 Å². The van der Waals surface area contributed by atoms with E-state index >= 15 is 0 Å². The van der Waals surface area contributed by atoms with E-state index < -0.39 is 0 Å². The van der Waals surface area contributed by atoms with Crippen LogP contribution in [-0.4, -0.2) is 0 Å². The van der Waals surface area contributed by atoms with E-state index in [9.17, 15) is 0 Å². The Balaban J connectivity index is 1.66. The zero-order chi connectivity index (χ0) is 29.0. The predicted molar refractivity (Wildman–Crippen MR) is 187 cm³/mol. The molecule has 0 bridgehead atoms. The average molecular weight is 614 g/mol. The maximum absolute atomic E-state index is 3.87. The van der Waals surface area contributed by atoms with Gasteiger partial charge in [-0.25, -0.2) is 0 Å². The van der Waals surface area contributed by atoms with Crippen LogP contribution in [-0.2, 0) is 0 Å². The van der Waals surface area contributed by atoms with Gasteiger partial charge in [-0.2, -0.15) is 0 Å². The molecule has 7 aromatic carbocycles. The molecule has 0 aliphatic carbocycles. The fraction of sp³-hybridized carbons (Fsp3) is 0. The summed E-state index contributed by atoms with van der Waals surface area (Å²) < 4.78 is 1.05. The monoisotopic (exact) mass is 612 g/mol. The molecular weight excluding hydrogens is 584 g/mol. The maximum atomic E-state index is 3.87. The van der Waals surface area contributed by atoms with E-state index in [1.807, 2.05) is 0 Å². The van der Waals surface area contributed by atoms with Crippen molar-refractivity contribution in [3.05, 3.63) is 180 Å². The highest BCUT2D eigenvalue weighted by molar-refractivity contribution is 9.10. The van der Waals surface area contributed by atoms with Crippen LogP contribution in [0.25, 0.3) is 66.8 Å². The molecule has 204 valence electrons. The molecular formula is C42H29Br. The van der Waals surface area contributed by atoms with Crippen LogP contribution in [0.4, 0.5) is 0 Å². The lowest BCUT2D eigenvalue weighted by molar-refractivity contribution is 1.52. The van der Waals surface area contributed by atoms with Crippen LogP contribution in [0.3, 0.4) is 0 Å². The van der Waals surface area contributed by atoms with Gasteiger partial charge in [0.15, 0.2) is 0 Å². The first-order valence-corrected chi connectivity index (χ1v) is 15.3. The minimum absolute atomic E-state index is 1.05. The van der Waals surface area contributed by atoms with Gasteiger partial charge in [-0.15, -0.1) is 0 Å². The van der Waals surface area contributed by atoms with Gasteiger partial charge in [0.05, 0.1) is 0 Å². The van der Waals surface area contributed by atoms with Crippen LogP contribution in [0.2, 0.25) is 0 Å². The molecule has 0 amide bonds. The minimum Gasteiger partial charge on any atom is -0.0622 e. The Morgan fingerprint density at radius 2 is 0.605 bits per heavy atom. The molecule has 0 saturated heterocycles. The number of hydrogen-bond donors (Lipinski definition) is 0. The van der Waals surface area contributed by atoms with E-state index in [0.717, 1.165) is 4.47 Å². The van der Waals surface area contributed by atoms with E-state index in [1.165, 1.54) is 66.8 Å². The summed E-state index contributed by atoms with van der Waals surface area (Å²) in [6, 6.07) is 63.1. The van der Waals surface area contributed by atoms with Crippen molar-refractivity contribution in [2.75, 3.05) is 0 Å². The molecule has 0 nitrogen and oxygen atoms in total. The number of rotatable bonds is 6. The Kier molecular flexibility index (Phi) is 7.56. The average Bonchev–Trinajstić information content (AvgIpc) is 3.09. The Bertz CT molecular complexity index is 1980. The van der Waals surface area contributed by atoms with E-state index in [1.54, 1.807) is 0 Å². The van der Waals surface area contributed by atoms with Crippen LogP contribution in [0.15, 0.2) is 180 Å². The third-order valence-electron chi connectivity index (χ3n) is 7.92. The second kappa shape index (κ2) is 12.1. The third-order valence-corrected chi connectivity index (χ3v) is 8.37. The number of hydrogen-bond acceptors (Lipinski definition) is 0. The predicted octanol–water partition coefficient (Wildman–Crippen LogP) is 12.5. The molecule has 0 aliphatic rings. The third kappa shape index (κ3) is 5.48. The Hall–Kier alpha value is -4.98. The van der Waals surface area contributed by atoms with Gasteiger partial charge in [-0.3, -0.25) is 0 Å². The van der Waals surface area contributed by atoms with Crippen molar-refractivity contribution in [1.29, 1.82) is 0 Å². The zero-order valence-corrected chi connectivity index (χ0v) is 25.2. The highest BCUT2D eigenvalue weighted by Gasteiger charge is 2.24. The first-order valence-electron chi connectivity index (χ1n) is 14.6. The van der Waals surface area contributed by atoms with Crippen molar-refractivity contribution in [2.24, 2.45) is 0 Å². The van der Waals surface area contributed by atoms with Gasteiger partial charge in [-0.05, 0) is 91.0 Å². The molecule has 0 aromatic heterocycles. The Labute approximate surface area is 262 Å². The van der Waals surface area contributed by atoms with Crippen molar-refractivity contribution < 1.29 is 0 Å². The van der Waals surface area contributed by atoms with E-state index in [2.05, 4.69) is 192 Å². The molecule has 0 saturated carbocycles. The van der Waals surface area contributed by atoms with E-state index in [4.69, 9.17) is 0 Å². The molecule has 0 radical (unpaired) electrons. The minimum atomic E-state index is 1.05. The summed E-state index contributed by atoms with van der Waals surface area (Å²) in [4.78, 5) is 0. The molecule has 0 aliphatic heterocycles. The fourth-order valence-electron chi connectivity index (χ4n) is 6.00. The van der Waals surface area contributed by atoms with Gasteiger partial charge in [0.1, 0.15) is 0 Å². The summed E-state index contributed by atoms with van der Waals surface area (Å²) in [7, 11) is 0. The van der Waals surface area contributed by atoms with Gasteiger partial charge in [0, 0.05) is 4.47 Å². The quantitative estimate of drug-likeness (QED) is 0.175. The molecule has 0 atom stereocenters. The first kappa shape index (κ1) is 26.9. The molecule has 0 N–H and O–H groups in total. The topological polar surface area (TPSA) is 0 Å². The van der Waals surface area contributed by atoms with Gasteiger partial charge in [0.25, 0.3) is 0 Å². The highest BCUT2D eigenvalue weighted by atomic mass is 79.9. The summed E-state index contributed by atoms with van der Waals surface area (Å²) in [5, 5.41) is 0. The lowest BCUT2D eigenvalue weighted by Crippen LogP contribution is -1.98. The molecule has 0 heterocycles. The number of halogens is 1. The van der Waals surface area contributed by atoms with E-state index in [0.29, 0.717) is 0 Å². The van der Waals surface area contributed by atoms with Gasteiger partial charge < -0.3 is 0 Å². The highest BCUT2D eigenvalue weighted by Crippen LogP contribution is 2.50. The van der Waals surface area contributed by atoms with Crippen LogP contribution in [0.1, 0.15) is 0 Å². The van der Waals surface area contributed by atoms with Gasteiger partial charge in [-0.1, -0.05) is 168 Å². The lowest BCUT2D eigenvalue weighted by Gasteiger charge is -2.24. The fourth-order valence-corrected chi connectivity index (χ4v) is 6.49. The van der Waals surface area contributed by atoms with Crippen LogP contribution in [0, 0.1) is 0 Å². The van der Waals surface area contributed by atoms with Crippen molar-refractivity contribution in [2.45, 2.75) is 0 Å². The second-order valence-corrected chi connectivity index (χ2v) is 11.6. The molecule has 43 heavy (non-hydrogen) atoms. The molecule has 7 rings (SSSR count). The summed E-state index contributed by atoms with van der Waals surface area (Å²) in [5.41, 5.74) is 14.4. The lowest BCUT2D eigenvalue weighted by atomic mass is 9.78. The maximum Gasteiger partial charge on any atom is 0.0187 e. The molecule has 0 fully saturated rings. The van der Waals surface area contributed by atoms with Crippen molar-refractivity contribution in [3.8, 4) is 66.8 Å². The van der Waals surface area contributed by atoms with Crippen molar-refractivity contribution >= 4 is 15.9 Å². The molecule has 0 unspecified atom stereocenters. The first-order chi connectivity index (χ1) is 21.3. The van der Waals surface area contributed by atoms with Crippen LogP contribution in [0.5, 0.6) is 0 Å². The van der Waals surface area contributed by atoms with Crippen LogP contribution < -0.4 is 0 Å². The van der Waals surface area contributed by atoms with Gasteiger partial charge >= 0.3 is 0 Å². The van der Waals surface area contributed by atoms with Crippen LogP contribution >= 0.6 is 15.9 Å². The number of benzene rings is 7. The summed E-state index contributed by atoms with van der Waals surface area (Å²) >= 11 is 3.87. The van der Waals surface area contributed by atoms with Crippen molar-refractivity contribution in [1.82, 2.24) is 0 Å². The van der Waals surface area contributed by atoms with Crippen molar-refractivity contribution in [3.63, 3.8) is 0 Å². The Morgan fingerprint density at radius 1 is 0.256 bits per heavy atom. The standard InChI is InChI=1S/C42H29Br/c43-37-27-35(30-16-6-1-7-17-30)26-36(28-37)39-29-38(31-18-8-2-9-19-31)40(32-20-10-3-11-21-32)42(34-24-14-5-15-25-34)41(39)33-22-12-4-13-23-33/h1-29H. The normalized spacial score (nSPS) is 10.9. The molecule has 0 spiro atoms. The summed E-state index contributed by atoms with van der Waals surface area (Å²) in [6.45, 7) is 0. The second-order valence-electron chi connectivity index (χ2n) is 10.7. The molecule has 1 heteroatoms. The largest absolute Gasteiger partial charge is 0.0622 e. The summed E-state index contributed by atoms with van der Waals surface area (Å²) in [5.74, 6) is 0. The molecule has 7 aromatic rings. The SMILES string of the molecule is Brc1cc(-c2ccccc2)cc(-c2cc(-c3ccccc3)c(-c3ccccc3)c(-c3ccccc3)c2-c2ccccc2)c1. The smallest absolute Gasteiger partial charge is 0.0187 e. The Morgan fingerprint density at radius 3 is 1.07 bits per heavy atom. The van der Waals surface area contributed by atoms with E-state index in [-0.39, 0.29) is 0 Å². The zero-order valence-electron chi connectivity index (χ0n) is 23.6.